The average Bonchev–Trinajstić information content (AvgIpc) is 3.16. The van der Waals surface area contributed by atoms with Crippen LogP contribution in [0.1, 0.15) is 72.1 Å². The minimum absolute atomic E-state index is 0.0128. The van der Waals surface area contributed by atoms with Crippen LogP contribution in [0.3, 0.4) is 0 Å². The third kappa shape index (κ3) is 24.7. The normalized spacial score (nSPS) is 16.1. The van der Waals surface area contributed by atoms with Gasteiger partial charge in [0.2, 0.25) is 23.6 Å². The van der Waals surface area contributed by atoms with Gasteiger partial charge in [-0.2, -0.15) is 0 Å². The van der Waals surface area contributed by atoms with E-state index in [9.17, 15) is 24.1 Å². The Balaban J connectivity index is 3.02. The van der Waals surface area contributed by atoms with Crippen LogP contribution in [0.4, 0.5) is 0 Å². The Kier molecular flexibility index (Phi) is 28.2. The Morgan fingerprint density at radius 2 is 0.983 bits per heavy atom. The molecule has 4 N–H and O–H groups in total. The molecular weight excluding hydrogens is 791 g/mol. The lowest BCUT2D eigenvalue weighted by Gasteiger charge is -2.47. The molecule has 328 valence electrons. The molecular formula is C40H64N4O12PS-. The number of ether oxygens (including phenoxy) is 6. The molecule has 4 amide bonds. The van der Waals surface area contributed by atoms with Gasteiger partial charge in [0.1, 0.15) is 19.8 Å². The minimum Gasteiger partial charge on any atom is -0.800 e. The maximum atomic E-state index is 13.8. The topological polar surface area (TPSA) is 204 Å². The molecule has 1 fully saturated rings. The van der Waals surface area contributed by atoms with Crippen LogP contribution in [0.5, 0.6) is 0 Å². The molecule has 1 atom stereocenters. The fourth-order valence-electron chi connectivity index (χ4n) is 5.31. The molecule has 0 aromatic carbocycles. The lowest BCUT2D eigenvalue weighted by atomic mass is 9.78. The summed E-state index contributed by atoms with van der Waals surface area (Å²) in [6, 6.07) is 0. The van der Waals surface area contributed by atoms with Gasteiger partial charge in [-0.15, -0.1) is 19.3 Å². The Bertz CT molecular complexity index is 1290. The van der Waals surface area contributed by atoms with Crippen molar-refractivity contribution in [3.63, 3.8) is 0 Å². The second-order valence-corrected chi connectivity index (χ2v) is 18.5. The number of rotatable bonds is 34. The van der Waals surface area contributed by atoms with Crippen LogP contribution in [-0.2, 0) is 63.9 Å². The van der Waals surface area contributed by atoms with Crippen molar-refractivity contribution >= 4 is 41.9 Å². The molecule has 0 saturated heterocycles. The molecule has 58 heavy (non-hydrogen) atoms. The summed E-state index contributed by atoms with van der Waals surface area (Å²) in [6.45, 7) is 5.76. The molecule has 0 heterocycles. The molecule has 0 spiro atoms. The summed E-state index contributed by atoms with van der Waals surface area (Å²) in [5, 5.41) is 10.8. The van der Waals surface area contributed by atoms with E-state index in [2.05, 4.69) is 39.0 Å². The molecule has 1 aliphatic carbocycles. The fourth-order valence-corrected chi connectivity index (χ4v) is 6.56. The molecule has 18 heteroatoms. The summed E-state index contributed by atoms with van der Waals surface area (Å²) in [6.07, 6.45) is 16.0. The van der Waals surface area contributed by atoms with Gasteiger partial charge >= 0.3 is 0 Å². The van der Waals surface area contributed by atoms with Gasteiger partial charge in [-0.3, -0.25) is 19.2 Å². The quantitative estimate of drug-likeness (QED) is 0.0403. The highest BCUT2D eigenvalue weighted by Crippen LogP contribution is 2.54. The van der Waals surface area contributed by atoms with Crippen molar-refractivity contribution in [3.05, 3.63) is 0 Å². The molecule has 0 aromatic heterocycles. The van der Waals surface area contributed by atoms with Crippen LogP contribution in [0.2, 0.25) is 0 Å². The zero-order valence-corrected chi connectivity index (χ0v) is 36.1. The SMILES string of the molecule is C#CCOCCOCCNC(=O)CCC(CCC(=O)NCCOCCOCC#C)(CCC(=O)NCCOCCOCC#C)NC(=O)C1CC(OP([O-])(=S)C(C)(C)C)C1. The number of terminal acetylenes is 3. The van der Waals surface area contributed by atoms with E-state index in [0.29, 0.717) is 52.5 Å². The van der Waals surface area contributed by atoms with Crippen molar-refractivity contribution < 1.29 is 57.0 Å². The van der Waals surface area contributed by atoms with E-state index < -0.39 is 29.2 Å². The van der Waals surface area contributed by atoms with Crippen LogP contribution in [0, 0.1) is 42.9 Å². The second-order valence-electron chi connectivity index (χ2n) is 14.5. The first kappa shape index (κ1) is 52.9. The third-order valence-electron chi connectivity index (χ3n) is 8.83. The first-order valence-corrected chi connectivity index (χ1v) is 22.2. The van der Waals surface area contributed by atoms with E-state index in [1.807, 2.05) is 0 Å². The van der Waals surface area contributed by atoms with Gasteiger partial charge in [-0.25, -0.2) is 0 Å². The highest BCUT2D eigenvalue weighted by molar-refractivity contribution is 8.09. The summed E-state index contributed by atoms with van der Waals surface area (Å²) in [5.41, 5.74) is -1.13. The molecule has 0 aliphatic heterocycles. The smallest absolute Gasteiger partial charge is 0.223 e. The van der Waals surface area contributed by atoms with Crippen molar-refractivity contribution in [2.45, 2.75) is 88.9 Å². The van der Waals surface area contributed by atoms with Crippen LogP contribution in [0.15, 0.2) is 0 Å². The summed E-state index contributed by atoms with van der Waals surface area (Å²) >= 11 is 5.28. The minimum atomic E-state index is -3.37. The summed E-state index contributed by atoms with van der Waals surface area (Å²) in [4.78, 5) is 66.0. The molecule has 0 radical (unpaired) electrons. The first-order valence-electron chi connectivity index (χ1n) is 19.6. The van der Waals surface area contributed by atoms with Crippen LogP contribution >= 0.6 is 6.49 Å². The van der Waals surface area contributed by atoms with Crippen molar-refractivity contribution in [1.29, 1.82) is 0 Å². The lowest BCUT2D eigenvalue weighted by molar-refractivity contribution is -0.195. The zero-order valence-electron chi connectivity index (χ0n) is 34.4. The summed E-state index contributed by atoms with van der Waals surface area (Å²) < 4.78 is 37.7. The van der Waals surface area contributed by atoms with E-state index in [4.69, 9.17) is 64.0 Å². The van der Waals surface area contributed by atoms with E-state index >= 15 is 0 Å². The first-order chi connectivity index (χ1) is 27.7. The summed E-state index contributed by atoms with van der Waals surface area (Å²) in [7, 11) is 0. The highest BCUT2D eigenvalue weighted by Gasteiger charge is 2.42. The van der Waals surface area contributed by atoms with E-state index in [0.717, 1.165) is 0 Å². The maximum Gasteiger partial charge on any atom is 0.223 e. The number of carbonyl (C=O) groups is 4. The number of carbonyl (C=O) groups excluding carboxylic acids is 4. The Hall–Kier alpha value is -3.11. The third-order valence-corrected chi connectivity index (χ3v) is 13.0. The van der Waals surface area contributed by atoms with Crippen molar-refractivity contribution in [2.75, 3.05) is 98.9 Å². The molecule has 1 rings (SSSR count). The predicted octanol–water partition coefficient (Wildman–Crippen LogP) is 0.793. The molecule has 1 saturated carbocycles. The standard InChI is InChI=1S/C40H65N4O12PS/c1-7-19-50-25-28-53-22-16-41-35(45)10-13-40(14-11-36(46)42-17-23-54-29-26-51-20-8-2,15-12-37(47)43-18-24-55-30-27-52-21-9-3)44-38(48)33-31-34(32-33)56-57(49,58)39(4,5)6/h1-3,33-34H,10-32H2,4-6H3,(H,41,45)(H,42,46)(H,43,47)(H,44,48)(H,49,58)/p-1. The monoisotopic (exact) mass is 855 g/mol. The fraction of sp³-hybridized carbons (Fsp3) is 0.750. The van der Waals surface area contributed by atoms with Gasteiger partial charge < -0.3 is 59.1 Å². The average molecular weight is 856 g/mol. The van der Waals surface area contributed by atoms with Crippen LogP contribution in [0.25, 0.3) is 0 Å². The van der Waals surface area contributed by atoms with Crippen molar-refractivity contribution in [1.82, 2.24) is 21.3 Å². The Labute approximate surface area is 350 Å². The largest absolute Gasteiger partial charge is 0.800 e. The van der Waals surface area contributed by atoms with Gasteiger partial charge in [-0.05, 0) is 38.6 Å². The van der Waals surface area contributed by atoms with Crippen LogP contribution in [-0.4, -0.2) is 139 Å². The number of hydrogen-bond acceptors (Lipinski definition) is 13. The summed E-state index contributed by atoms with van der Waals surface area (Å²) in [5.74, 6) is 5.40. The Morgan fingerprint density at radius 3 is 1.31 bits per heavy atom. The number of nitrogens with one attached hydrogen (secondary N) is 4. The van der Waals surface area contributed by atoms with E-state index in [1.54, 1.807) is 20.8 Å². The lowest BCUT2D eigenvalue weighted by Crippen LogP contribution is -2.54. The maximum absolute atomic E-state index is 13.8. The van der Waals surface area contributed by atoms with Crippen molar-refractivity contribution in [3.8, 4) is 37.0 Å². The van der Waals surface area contributed by atoms with Crippen molar-refractivity contribution in [2.24, 2.45) is 5.92 Å². The van der Waals surface area contributed by atoms with E-state index in [-0.39, 0.29) is 121 Å². The highest BCUT2D eigenvalue weighted by atomic mass is 32.5. The van der Waals surface area contributed by atoms with Gasteiger partial charge in [0.25, 0.3) is 0 Å². The predicted molar refractivity (Wildman–Crippen MR) is 221 cm³/mol. The van der Waals surface area contributed by atoms with Crippen LogP contribution < -0.4 is 26.2 Å². The Morgan fingerprint density at radius 1 is 0.638 bits per heavy atom. The molecule has 1 unspecified atom stereocenters. The number of amides is 4. The van der Waals surface area contributed by atoms with Gasteiger partial charge in [0, 0.05) is 55.5 Å². The number of hydrogen-bond donors (Lipinski definition) is 4. The van der Waals surface area contributed by atoms with Gasteiger partial charge in [-0.1, -0.05) is 50.3 Å². The molecule has 0 aromatic rings. The molecule has 0 bridgehead atoms. The van der Waals surface area contributed by atoms with Gasteiger partial charge in [0.15, 0.2) is 0 Å². The van der Waals surface area contributed by atoms with E-state index in [1.165, 1.54) is 0 Å². The zero-order chi connectivity index (χ0) is 43.1. The molecule has 1 aliphatic rings. The second kappa shape index (κ2) is 30.9. The van der Waals surface area contributed by atoms with Gasteiger partial charge in [0.05, 0.1) is 65.6 Å². The molecule has 16 nitrogen and oxygen atoms in total.